The summed E-state index contributed by atoms with van der Waals surface area (Å²) < 4.78 is 5.08. The van der Waals surface area contributed by atoms with Gasteiger partial charge < -0.3 is 15.0 Å². The van der Waals surface area contributed by atoms with Crippen LogP contribution in [0.1, 0.15) is 11.3 Å². The molecule has 2 N–H and O–H groups in total. The van der Waals surface area contributed by atoms with Crippen LogP contribution in [0.15, 0.2) is 40.2 Å². The Morgan fingerprint density at radius 2 is 2.09 bits per heavy atom. The predicted octanol–water partition coefficient (Wildman–Crippen LogP) is 1.50. The van der Waals surface area contributed by atoms with Gasteiger partial charge in [-0.25, -0.2) is 4.79 Å². The molecule has 6 nitrogen and oxygen atoms in total. The number of aromatic nitrogens is 2. The number of carbonyl (C=O) groups excluding carboxylic acids is 1. The first-order valence-corrected chi connectivity index (χ1v) is 7.66. The maximum absolute atomic E-state index is 11.8. The van der Waals surface area contributed by atoms with Crippen molar-refractivity contribution < 1.29 is 9.53 Å². The zero-order valence-corrected chi connectivity index (χ0v) is 13.2. The number of hydrogen-bond acceptors (Lipinski definition) is 5. The van der Waals surface area contributed by atoms with Gasteiger partial charge in [0.05, 0.1) is 12.9 Å². The van der Waals surface area contributed by atoms with Crippen LogP contribution >= 0.6 is 11.8 Å². The van der Waals surface area contributed by atoms with Gasteiger partial charge in [-0.2, -0.15) is 4.98 Å². The molecule has 0 spiro atoms. The highest BCUT2D eigenvalue weighted by atomic mass is 32.2. The molecular formula is C15H17N3O3S. The van der Waals surface area contributed by atoms with Crippen molar-refractivity contribution in [2.45, 2.75) is 18.5 Å². The standard InChI is InChI=1S/C15H17N3O3S/c1-10-7-14(18-15(20)17-10)22-9-13(19)16-8-11-3-5-12(21-2)6-4-11/h3-7H,8-9H2,1-2H3,(H,16,19)(H,17,18,20). The Morgan fingerprint density at radius 3 is 2.73 bits per heavy atom. The predicted molar refractivity (Wildman–Crippen MR) is 85.2 cm³/mol. The molecule has 0 unspecified atom stereocenters. The zero-order chi connectivity index (χ0) is 15.9. The molecule has 0 aliphatic heterocycles. The molecule has 0 saturated heterocycles. The van der Waals surface area contributed by atoms with E-state index in [4.69, 9.17) is 4.74 Å². The number of rotatable bonds is 6. The molecule has 2 aromatic rings. The Morgan fingerprint density at radius 1 is 1.36 bits per heavy atom. The average molecular weight is 319 g/mol. The first-order chi connectivity index (χ1) is 10.6. The van der Waals surface area contributed by atoms with Crippen LogP contribution in [0, 0.1) is 6.92 Å². The lowest BCUT2D eigenvalue weighted by Gasteiger charge is -2.06. The summed E-state index contributed by atoms with van der Waals surface area (Å²) in [6, 6.07) is 9.23. The maximum atomic E-state index is 11.8. The van der Waals surface area contributed by atoms with Gasteiger partial charge in [-0.05, 0) is 30.7 Å². The number of methoxy groups -OCH3 is 1. The number of nitrogens with zero attached hydrogens (tertiary/aromatic N) is 1. The number of thioether (sulfide) groups is 1. The Kier molecular flexibility index (Phi) is 5.60. The van der Waals surface area contributed by atoms with E-state index in [-0.39, 0.29) is 11.7 Å². The van der Waals surface area contributed by atoms with E-state index in [2.05, 4.69) is 15.3 Å². The maximum Gasteiger partial charge on any atom is 0.346 e. The Hall–Kier alpha value is -2.28. The van der Waals surface area contributed by atoms with Gasteiger partial charge in [0.1, 0.15) is 10.8 Å². The van der Waals surface area contributed by atoms with Gasteiger partial charge >= 0.3 is 5.69 Å². The first kappa shape index (κ1) is 16.1. The molecule has 2 rings (SSSR count). The highest BCUT2D eigenvalue weighted by molar-refractivity contribution is 7.99. The Bertz CT molecular complexity index is 698. The van der Waals surface area contributed by atoms with E-state index in [9.17, 15) is 9.59 Å². The molecule has 0 radical (unpaired) electrons. The smallest absolute Gasteiger partial charge is 0.346 e. The molecule has 1 heterocycles. The SMILES string of the molecule is COc1ccc(CNC(=O)CSc2cc(C)[nH]c(=O)n2)cc1. The summed E-state index contributed by atoms with van der Waals surface area (Å²) in [6.07, 6.45) is 0. The van der Waals surface area contributed by atoms with Crippen molar-refractivity contribution >= 4 is 17.7 Å². The summed E-state index contributed by atoms with van der Waals surface area (Å²) in [4.78, 5) is 29.4. The lowest BCUT2D eigenvalue weighted by atomic mass is 10.2. The monoisotopic (exact) mass is 319 g/mol. The van der Waals surface area contributed by atoms with Gasteiger partial charge in [0.2, 0.25) is 5.91 Å². The van der Waals surface area contributed by atoms with Crippen molar-refractivity contribution in [2.75, 3.05) is 12.9 Å². The van der Waals surface area contributed by atoms with Crippen molar-refractivity contribution in [2.24, 2.45) is 0 Å². The van der Waals surface area contributed by atoms with Crippen LogP contribution in [-0.4, -0.2) is 28.7 Å². The highest BCUT2D eigenvalue weighted by Crippen LogP contribution is 2.14. The van der Waals surface area contributed by atoms with Crippen LogP contribution in [0.5, 0.6) is 5.75 Å². The summed E-state index contributed by atoms with van der Waals surface area (Å²) >= 11 is 1.23. The third-order valence-electron chi connectivity index (χ3n) is 2.86. The van der Waals surface area contributed by atoms with Crippen molar-refractivity contribution in [3.05, 3.63) is 52.1 Å². The minimum Gasteiger partial charge on any atom is -0.497 e. The minimum atomic E-state index is -0.402. The topological polar surface area (TPSA) is 84.1 Å². The average Bonchev–Trinajstić information content (AvgIpc) is 2.50. The number of aromatic amines is 1. The zero-order valence-electron chi connectivity index (χ0n) is 12.4. The van der Waals surface area contributed by atoms with Crippen LogP contribution in [0.4, 0.5) is 0 Å². The number of nitrogens with one attached hydrogen (secondary N) is 2. The second-order valence-electron chi connectivity index (χ2n) is 4.62. The van der Waals surface area contributed by atoms with E-state index in [0.29, 0.717) is 11.6 Å². The number of aryl methyl sites for hydroxylation is 1. The summed E-state index contributed by atoms with van der Waals surface area (Å²) in [5, 5.41) is 3.36. The van der Waals surface area contributed by atoms with E-state index < -0.39 is 5.69 Å². The normalized spacial score (nSPS) is 10.3. The Labute approximate surface area is 132 Å². The van der Waals surface area contributed by atoms with Crippen LogP contribution < -0.4 is 15.7 Å². The van der Waals surface area contributed by atoms with Crippen molar-refractivity contribution in [1.29, 1.82) is 0 Å². The lowest BCUT2D eigenvalue weighted by Crippen LogP contribution is -2.24. The number of benzene rings is 1. The summed E-state index contributed by atoms with van der Waals surface area (Å²) in [5.74, 6) is 0.883. The molecule has 0 aliphatic rings. The Balaban J connectivity index is 1.81. The fraction of sp³-hybridized carbons (Fsp3) is 0.267. The van der Waals surface area contributed by atoms with Gasteiger partial charge in [-0.3, -0.25) is 4.79 Å². The molecule has 0 saturated carbocycles. The summed E-state index contributed by atoms with van der Waals surface area (Å²) in [5.41, 5.74) is 1.31. The molecule has 0 aliphatic carbocycles. The van der Waals surface area contributed by atoms with Crippen LogP contribution in [-0.2, 0) is 11.3 Å². The van der Waals surface area contributed by atoms with E-state index >= 15 is 0 Å². The lowest BCUT2D eigenvalue weighted by molar-refractivity contribution is -0.118. The molecule has 0 bridgehead atoms. The fourth-order valence-electron chi connectivity index (χ4n) is 1.76. The van der Waals surface area contributed by atoms with Crippen molar-refractivity contribution in [1.82, 2.24) is 15.3 Å². The second-order valence-corrected chi connectivity index (χ2v) is 5.62. The number of carbonyl (C=O) groups is 1. The quantitative estimate of drug-likeness (QED) is 0.622. The van der Waals surface area contributed by atoms with Gasteiger partial charge in [-0.1, -0.05) is 23.9 Å². The molecule has 7 heteroatoms. The number of H-pyrrole nitrogens is 1. The summed E-state index contributed by atoms with van der Waals surface area (Å²) in [7, 11) is 1.61. The molecule has 0 fully saturated rings. The van der Waals surface area contributed by atoms with Crippen LogP contribution in [0.3, 0.4) is 0 Å². The summed E-state index contributed by atoms with van der Waals surface area (Å²) in [6.45, 7) is 2.22. The van der Waals surface area contributed by atoms with E-state index in [1.165, 1.54) is 11.8 Å². The van der Waals surface area contributed by atoms with Crippen molar-refractivity contribution in [3.63, 3.8) is 0 Å². The number of hydrogen-bond donors (Lipinski definition) is 2. The van der Waals surface area contributed by atoms with E-state index in [1.807, 2.05) is 24.3 Å². The largest absolute Gasteiger partial charge is 0.497 e. The molecule has 1 aromatic heterocycles. The van der Waals surface area contributed by atoms with Gasteiger partial charge in [-0.15, -0.1) is 0 Å². The van der Waals surface area contributed by atoms with Gasteiger partial charge in [0, 0.05) is 12.2 Å². The first-order valence-electron chi connectivity index (χ1n) is 6.67. The molecule has 0 atom stereocenters. The molecular weight excluding hydrogens is 302 g/mol. The fourth-order valence-corrected chi connectivity index (χ4v) is 2.55. The highest BCUT2D eigenvalue weighted by Gasteiger charge is 2.05. The van der Waals surface area contributed by atoms with E-state index in [0.717, 1.165) is 17.0 Å². The molecule has 1 aromatic carbocycles. The van der Waals surface area contributed by atoms with Crippen LogP contribution in [0.25, 0.3) is 0 Å². The molecule has 116 valence electrons. The second kappa shape index (κ2) is 7.65. The van der Waals surface area contributed by atoms with Gasteiger partial charge in [0.15, 0.2) is 0 Å². The van der Waals surface area contributed by atoms with Gasteiger partial charge in [0.25, 0.3) is 0 Å². The number of ether oxygens (including phenoxy) is 1. The van der Waals surface area contributed by atoms with Crippen molar-refractivity contribution in [3.8, 4) is 5.75 Å². The minimum absolute atomic E-state index is 0.111. The number of amides is 1. The molecule has 22 heavy (non-hydrogen) atoms. The third kappa shape index (κ3) is 4.92. The third-order valence-corrected chi connectivity index (χ3v) is 3.77. The van der Waals surface area contributed by atoms with E-state index in [1.54, 1.807) is 20.1 Å². The molecule has 1 amide bonds. The van der Waals surface area contributed by atoms with Crippen LogP contribution in [0.2, 0.25) is 0 Å².